The second-order valence-corrected chi connectivity index (χ2v) is 6.61. The predicted octanol–water partition coefficient (Wildman–Crippen LogP) is 0.699. The Morgan fingerprint density at radius 3 is 2.40 bits per heavy atom. The fourth-order valence-electron chi connectivity index (χ4n) is 2.38. The highest BCUT2D eigenvalue weighted by Gasteiger charge is 2.30. The number of sulfonamides is 1. The summed E-state index contributed by atoms with van der Waals surface area (Å²) in [5.74, 6) is 0. The Hall–Kier alpha value is -1.80. The molecule has 0 saturated carbocycles. The van der Waals surface area contributed by atoms with E-state index in [0.29, 0.717) is 25.9 Å². The van der Waals surface area contributed by atoms with Crippen LogP contribution in [0.2, 0.25) is 0 Å². The first-order valence-electron chi connectivity index (χ1n) is 6.44. The minimum Gasteiger partial charge on any atom is -0.263 e. The van der Waals surface area contributed by atoms with Gasteiger partial charge in [0, 0.05) is 25.5 Å². The number of pyridine rings is 1. The third kappa shape index (κ3) is 2.44. The molecule has 3 rings (SSSR count). The molecular formula is C12H15N5O2S. The zero-order chi connectivity index (χ0) is 14.0. The summed E-state index contributed by atoms with van der Waals surface area (Å²) in [7, 11) is -3.43. The molecule has 0 bridgehead atoms. The van der Waals surface area contributed by atoms with Gasteiger partial charge in [-0.2, -0.15) is 19.3 Å². The first-order valence-corrected chi connectivity index (χ1v) is 7.88. The summed E-state index contributed by atoms with van der Waals surface area (Å²) in [6.45, 7) is 0.951. The molecule has 1 saturated heterocycles. The molecule has 2 aromatic rings. The number of nitrogens with zero attached hydrogens (tertiary/aromatic N) is 5. The lowest BCUT2D eigenvalue weighted by Crippen LogP contribution is -2.39. The molecule has 1 aliphatic heterocycles. The van der Waals surface area contributed by atoms with E-state index >= 15 is 0 Å². The summed E-state index contributed by atoms with van der Waals surface area (Å²) in [6, 6.07) is 3.38. The van der Waals surface area contributed by atoms with E-state index in [0.717, 1.165) is 0 Å². The van der Waals surface area contributed by atoms with E-state index < -0.39 is 10.0 Å². The zero-order valence-electron chi connectivity index (χ0n) is 10.8. The molecule has 20 heavy (non-hydrogen) atoms. The van der Waals surface area contributed by atoms with Crippen LogP contribution >= 0.6 is 0 Å². The van der Waals surface area contributed by atoms with Crippen LogP contribution in [0.4, 0.5) is 0 Å². The lowest BCUT2D eigenvalue weighted by molar-refractivity contribution is 0.245. The molecule has 0 radical (unpaired) electrons. The van der Waals surface area contributed by atoms with E-state index in [2.05, 4.69) is 15.2 Å². The topological polar surface area (TPSA) is 81.0 Å². The maximum absolute atomic E-state index is 12.4. The molecule has 0 unspecified atom stereocenters. The van der Waals surface area contributed by atoms with Crippen LogP contribution in [0.3, 0.4) is 0 Å². The standard InChI is InChI=1S/C12H15N5O2S/c18-20(19,12-2-1-5-13-10-12)16-8-3-11(4-9-16)17-14-6-7-15-17/h1-2,5-7,10-11H,3-4,8-9H2. The average Bonchev–Trinajstić information content (AvgIpc) is 3.02. The van der Waals surface area contributed by atoms with E-state index in [9.17, 15) is 8.42 Å². The van der Waals surface area contributed by atoms with Gasteiger partial charge in [-0.05, 0) is 25.0 Å². The Labute approximate surface area is 117 Å². The minimum absolute atomic E-state index is 0.172. The van der Waals surface area contributed by atoms with Crippen LogP contribution in [0.15, 0.2) is 41.8 Å². The molecule has 3 heterocycles. The zero-order valence-corrected chi connectivity index (χ0v) is 11.6. The molecule has 7 nitrogen and oxygen atoms in total. The Bertz CT molecular complexity index is 648. The van der Waals surface area contributed by atoms with Crippen molar-refractivity contribution in [3.8, 4) is 0 Å². The van der Waals surface area contributed by atoms with Gasteiger partial charge in [-0.1, -0.05) is 0 Å². The largest absolute Gasteiger partial charge is 0.263 e. The molecule has 0 atom stereocenters. The molecule has 1 aliphatic rings. The van der Waals surface area contributed by atoms with Crippen molar-refractivity contribution in [3.05, 3.63) is 36.9 Å². The number of hydrogen-bond acceptors (Lipinski definition) is 5. The second-order valence-electron chi connectivity index (χ2n) is 4.67. The van der Waals surface area contributed by atoms with E-state index in [1.54, 1.807) is 35.5 Å². The fourth-order valence-corrected chi connectivity index (χ4v) is 3.81. The van der Waals surface area contributed by atoms with Crippen LogP contribution in [0.25, 0.3) is 0 Å². The number of piperidine rings is 1. The molecule has 0 amide bonds. The maximum Gasteiger partial charge on any atom is 0.244 e. The van der Waals surface area contributed by atoms with Crippen LogP contribution < -0.4 is 0 Å². The molecule has 1 fully saturated rings. The summed E-state index contributed by atoms with van der Waals surface area (Å²) < 4.78 is 26.4. The highest BCUT2D eigenvalue weighted by Crippen LogP contribution is 2.25. The Balaban J connectivity index is 1.72. The van der Waals surface area contributed by atoms with Crippen molar-refractivity contribution in [2.75, 3.05) is 13.1 Å². The highest BCUT2D eigenvalue weighted by molar-refractivity contribution is 7.89. The van der Waals surface area contributed by atoms with Crippen molar-refractivity contribution in [1.29, 1.82) is 0 Å². The average molecular weight is 293 g/mol. The Morgan fingerprint density at radius 1 is 1.10 bits per heavy atom. The summed E-state index contributed by atoms with van der Waals surface area (Å²) in [4.78, 5) is 5.78. The van der Waals surface area contributed by atoms with Gasteiger partial charge in [0.25, 0.3) is 0 Å². The lowest BCUT2D eigenvalue weighted by atomic mass is 10.1. The van der Waals surface area contributed by atoms with Crippen molar-refractivity contribution >= 4 is 10.0 Å². The van der Waals surface area contributed by atoms with Gasteiger partial charge in [0.2, 0.25) is 10.0 Å². The van der Waals surface area contributed by atoms with Crippen LogP contribution in [0, 0.1) is 0 Å². The Morgan fingerprint density at radius 2 is 1.80 bits per heavy atom. The molecule has 0 N–H and O–H groups in total. The van der Waals surface area contributed by atoms with Crippen LogP contribution in [0.1, 0.15) is 18.9 Å². The Kier molecular flexibility index (Phi) is 3.49. The van der Waals surface area contributed by atoms with Crippen molar-refractivity contribution in [2.45, 2.75) is 23.8 Å². The van der Waals surface area contributed by atoms with Gasteiger partial charge in [0.15, 0.2) is 0 Å². The quantitative estimate of drug-likeness (QED) is 0.832. The number of rotatable bonds is 3. The second kappa shape index (κ2) is 5.29. The first-order chi connectivity index (χ1) is 9.68. The number of aromatic nitrogens is 4. The van der Waals surface area contributed by atoms with Gasteiger partial charge in [-0.15, -0.1) is 0 Å². The molecule has 0 spiro atoms. The molecular weight excluding hydrogens is 278 g/mol. The van der Waals surface area contributed by atoms with Crippen molar-refractivity contribution in [1.82, 2.24) is 24.3 Å². The summed E-state index contributed by atoms with van der Waals surface area (Å²) in [5, 5.41) is 8.23. The third-order valence-electron chi connectivity index (χ3n) is 3.46. The van der Waals surface area contributed by atoms with Crippen LogP contribution in [-0.2, 0) is 10.0 Å². The van der Waals surface area contributed by atoms with E-state index in [1.165, 1.54) is 10.5 Å². The molecule has 0 aromatic carbocycles. The minimum atomic E-state index is -3.43. The van der Waals surface area contributed by atoms with Gasteiger partial charge in [-0.3, -0.25) is 4.98 Å². The summed E-state index contributed by atoms with van der Waals surface area (Å²) in [6.07, 6.45) is 7.66. The van der Waals surface area contributed by atoms with Gasteiger partial charge in [0.1, 0.15) is 4.90 Å². The molecule has 2 aromatic heterocycles. The predicted molar refractivity (Wildman–Crippen MR) is 71.3 cm³/mol. The fraction of sp³-hybridized carbons (Fsp3) is 0.417. The summed E-state index contributed by atoms with van der Waals surface area (Å²) >= 11 is 0. The monoisotopic (exact) mass is 293 g/mol. The smallest absolute Gasteiger partial charge is 0.244 e. The third-order valence-corrected chi connectivity index (χ3v) is 5.34. The van der Waals surface area contributed by atoms with E-state index in [-0.39, 0.29) is 10.9 Å². The van der Waals surface area contributed by atoms with Gasteiger partial charge < -0.3 is 0 Å². The van der Waals surface area contributed by atoms with Gasteiger partial charge >= 0.3 is 0 Å². The van der Waals surface area contributed by atoms with Gasteiger partial charge in [0.05, 0.1) is 18.4 Å². The van der Waals surface area contributed by atoms with Crippen molar-refractivity contribution in [2.24, 2.45) is 0 Å². The van der Waals surface area contributed by atoms with E-state index in [4.69, 9.17) is 0 Å². The molecule has 106 valence electrons. The van der Waals surface area contributed by atoms with Crippen LogP contribution in [0.5, 0.6) is 0 Å². The molecule has 8 heteroatoms. The lowest BCUT2D eigenvalue weighted by Gasteiger charge is -2.30. The summed E-state index contributed by atoms with van der Waals surface area (Å²) in [5.41, 5.74) is 0. The SMILES string of the molecule is O=S(=O)(c1cccnc1)N1CCC(n2nccn2)CC1. The van der Waals surface area contributed by atoms with Crippen molar-refractivity contribution in [3.63, 3.8) is 0 Å². The van der Waals surface area contributed by atoms with Crippen LogP contribution in [-0.4, -0.2) is 45.8 Å². The van der Waals surface area contributed by atoms with Crippen molar-refractivity contribution < 1.29 is 8.42 Å². The number of hydrogen-bond donors (Lipinski definition) is 0. The molecule has 0 aliphatic carbocycles. The highest BCUT2D eigenvalue weighted by atomic mass is 32.2. The normalized spacial score (nSPS) is 18.2. The maximum atomic E-state index is 12.4. The first kappa shape index (κ1) is 13.2. The van der Waals surface area contributed by atoms with Gasteiger partial charge in [-0.25, -0.2) is 8.42 Å². The van der Waals surface area contributed by atoms with E-state index in [1.807, 2.05) is 0 Å².